The summed E-state index contributed by atoms with van der Waals surface area (Å²) in [6.07, 6.45) is 8.28. The first kappa shape index (κ1) is 27.7. The minimum absolute atomic E-state index is 0.199. The van der Waals surface area contributed by atoms with Crippen molar-refractivity contribution in [2.75, 3.05) is 32.6 Å². The Morgan fingerprint density at radius 3 is 1.86 bits per heavy atom. The average molecular weight is 486 g/mol. The molecule has 3 nitrogen and oxygen atoms in total. The molecule has 0 spiro atoms. The zero-order valence-corrected chi connectivity index (χ0v) is 23.2. The molecule has 0 saturated heterocycles. The van der Waals surface area contributed by atoms with Gasteiger partial charge in [0.25, 0.3) is 0 Å². The molecule has 3 aromatic carbocycles. The Kier molecular flexibility index (Phi) is 10.8. The van der Waals surface area contributed by atoms with Gasteiger partial charge in [-0.25, -0.2) is 4.58 Å². The van der Waals surface area contributed by atoms with Crippen LogP contribution in [0.15, 0.2) is 72.8 Å². The van der Waals surface area contributed by atoms with E-state index < -0.39 is 0 Å². The molecule has 0 aromatic heterocycles. The van der Waals surface area contributed by atoms with Crippen LogP contribution in [0.4, 0.5) is 5.69 Å². The fraction of sp³-hybridized carbons (Fsp3) is 0.424. The second-order valence-electron chi connectivity index (χ2n) is 10.2. The Hall–Kier alpha value is -2.91. The van der Waals surface area contributed by atoms with Gasteiger partial charge in [-0.15, -0.1) is 0 Å². The molecule has 3 rings (SSSR count). The van der Waals surface area contributed by atoms with Crippen LogP contribution >= 0.6 is 0 Å². The quantitative estimate of drug-likeness (QED) is 0.139. The summed E-state index contributed by atoms with van der Waals surface area (Å²) < 4.78 is 8.48. The molecule has 3 aromatic rings. The zero-order valence-electron chi connectivity index (χ0n) is 23.2. The molecule has 3 heteroatoms. The topological polar surface area (TPSA) is 15.5 Å². The van der Waals surface area contributed by atoms with Crippen molar-refractivity contribution in [3.63, 3.8) is 0 Å². The van der Waals surface area contributed by atoms with Crippen molar-refractivity contribution >= 4 is 11.9 Å². The van der Waals surface area contributed by atoms with Gasteiger partial charge < -0.3 is 9.64 Å². The van der Waals surface area contributed by atoms with Gasteiger partial charge in [-0.1, -0.05) is 72.5 Å². The van der Waals surface area contributed by atoms with Crippen LogP contribution in [-0.4, -0.2) is 38.5 Å². The van der Waals surface area contributed by atoms with Gasteiger partial charge in [0.2, 0.25) is 0 Å². The first-order valence-corrected chi connectivity index (χ1v) is 13.5. The van der Waals surface area contributed by atoms with Gasteiger partial charge >= 0.3 is 0 Å². The van der Waals surface area contributed by atoms with E-state index in [1.54, 1.807) is 0 Å². The van der Waals surface area contributed by atoms with E-state index in [1.807, 2.05) is 0 Å². The number of rotatable bonds is 13. The maximum atomic E-state index is 6.09. The number of hydrogen-bond acceptors (Lipinski definition) is 2. The number of ether oxygens (including phenoxy) is 1. The second-order valence-corrected chi connectivity index (χ2v) is 10.2. The van der Waals surface area contributed by atoms with E-state index in [4.69, 9.17) is 4.74 Å². The first-order chi connectivity index (χ1) is 17.4. The van der Waals surface area contributed by atoms with Crippen molar-refractivity contribution < 1.29 is 9.31 Å². The standard InChI is InChI=1S/C33H45N2O/c1-7-36-33(30-21-15-27(3)16-22-30)12-10-8-9-11-32(29-19-13-26(2)14-20-29)35(6)25-28-17-23-31(24-18-28)34(4)5/h13-25,32-33H,7-12H2,1-6H3/q+1. The summed E-state index contributed by atoms with van der Waals surface area (Å²) in [6, 6.07) is 27.0. The van der Waals surface area contributed by atoms with Gasteiger partial charge in [0, 0.05) is 43.9 Å². The summed E-state index contributed by atoms with van der Waals surface area (Å²) in [6.45, 7) is 7.14. The van der Waals surface area contributed by atoms with E-state index in [-0.39, 0.29) is 6.10 Å². The maximum absolute atomic E-state index is 6.09. The van der Waals surface area contributed by atoms with Gasteiger partial charge in [0.15, 0.2) is 12.3 Å². The summed E-state index contributed by atoms with van der Waals surface area (Å²) in [5, 5.41) is 0. The molecular formula is C33H45N2O+. The lowest BCUT2D eigenvalue weighted by Crippen LogP contribution is -2.17. The third-order valence-electron chi connectivity index (χ3n) is 6.98. The second kappa shape index (κ2) is 14.0. The molecule has 0 fully saturated rings. The van der Waals surface area contributed by atoms with Crippen LogP contribution in [0.2, 0.25) is 0 Å². The lowest BCUT2D eigenvalue weighted by molar-refractivity contribution is -0.541. The van der Waals surface area contributed by atoms with E-state index in [2.05, 4.69) is 130 Å². The van der Waals surface area contributed by atoms with Crippen molar-refractivity contribution in [3.05, 3.63) is 101 Å². The molecule has 0 N–H and O–H groups in total. The van der Waals surface area contributed by atoms with Crippen molar-refractivity contribution in [2.24, 2.45) is 0 Å². The maximum Gasteiger partial charge on any atom is 0.177 e. The van der Waals surface area contributed by atoms with Crippen LogP contribution < -0.4 is 4.90 Å². The molecular weight excluding hydrogens is 440 g/mol. The van der Waals surface area contributed by atoms with Gasteiger partial charge in [-0.3, -0.25) is 0 Å². The number of aryl methyl sites for hydroxylation is 2. The number of unbranched alkanes of at least 4 members (excludes halogenated alkanes) is 2. The Bertz CT molecular complexity index is 1070. The molecule has 36 heavy (non-hydrogen) atoms. The third kappa shape index (κ3) is 8.34. The number of nitrogens with zero attached hydrogens (tertiary/aromatic N) is 2. The van der Waals surface area contributed by atoms with Crippen LogP contribution in [0.3, 0.4) is 0 Å². The predicted octanol–water partition coefficient (Wildman–Crippen LogP) is 7.90. The van der Waals surface area contributed by atoms with Crippen molar-refractivity contribution in [3.8, 4) is 0 Å². The fourth-order valence-corrected chi connectivity index (χ4v) is 4.75. The molecule has 0 saturated carbocycles. The Labute approximate surface area is 219 Å². The number of benzene rings is 3. The van der Waals surface area contributed by atoms with Crippen LogP contribution in [0.25, 0.3) is 0 Å². The van der Waals surface area contributed by atoms with Gasteiger partial charge in [0.1, 0.15) is 7.05 Å². The Morgan fingerprint density at radius 2 is 1.31 bits per heavy atom. The van der Waals surface area contributed by atoms with Crippen molar-refractivity contribution in [1.82, 2.24) is 0 Å². The number of anilines is 1. The molecule has 0 amide bonds. The van der Waals surface area contributed by atoms with Gasteiger partial charge in [-0.05, 0) is 63.4 Å². The lowest BCUT2D eigenvalue weighted by atomic mass is 9.97. The van der Waals surface area contributed by atoms with Crippen LogP contribution in [-0.2, 0) is 4.74 Å². The highest BCUT2D eigenvalue weighted by atomic mass is 16.5. The molecule has 0 aliphatic carbocycles. The lowest BCUT2D eigenvalue weighted by Gasteiger charge is -2.18. The normalized spacial score (nSPS) is 13.4. The highest BCUT2D eigenvalue weighted by molar-refractivity contribution is 5.76. The molecule has 0 heterocycles. The molecule has 2 atom stereocenters. The minimum Gasteiger partial charge on any atom is -0.378 e. The Morgan fingerprint density at radius 1 is 0.750 bits per heavy atom. The highest BCUT2D eigenvalue weighted by Crippen LogP contribution is 2.27. The average Bonchev–Trinajstić information content (AvgIpc) is 2.87. The molecule has 0 bridgehead atoms. The fourth-order valence-electron chi connectivity index (χ4n) is 4.75. The largest absolute Gasteiger partial charge is 0.378 e. The van der Waals surface area contributed by atoms with E-state index >= 15 is 0 Å². The Balaban J connectivity index is 1.63. The zero-order chi connectivity index (χ0) is 25.9. The first-order valence-electron chi connectivity index (χ1n) is 13.5. The van der Waals surface area contributed by atoms with Crippen molar-refractivity contribution in [2.45, 2.75) is 65.0 Å². The number of hydrogen-bond donors (Lipinski definition) is 0. The molecule has 0 radical (unpaired) electrons. The highest BCUT2D eigenvalue weighted by Gasteiger charge is 2.20. The van der Waals surface area contributed by atoms with Crippen LogP contribution in [0, 0.1) is 13.8 Å². The third-order valence-corrected chi connectivity index (χ3v) is 6.98. The van der Waals surface area contributed by atoms with E-state index in [0.29, 0.717) is 6.04 Å². The summed E-state index contributed by atoms with van der Waals surface area (Å²) in [5.41, 5.74) is 7.75. The SMILES string of the molecule is CCOC(CCCCCC(c1ccc(C)cc1)[N+](C)=Cc1ccc(N(C)C)cc1)c1ccc(C)cc1. The van der Waals surface area contributed by atoms with Crippen LogP contribution in [0.5, 0.6) is 0 Å². The minimum atomic E-state index is 0.199. The molecule has 2 unspecified atom stereocenters. The smallest absolute Gasteiger partial charge is 0.177 e. The molecule has 192 valence electrons. The van der Waals surface area contributed by atoms with E-state index in [1.165, 1.54) is 52.8 Å². The van der Waals surface area contributed by atoms with Gasteiger partial charge in [0.05, 0.1) is 6.10 Å². The van der Waals surface area contributed by atoms with E-state index in [0.717, 1.165) is 19.4 Å². The van der Waals surface area contributed by atoms with E-state index in [9.17, 15) is 0 Å². The van der Waals surface area contributed by atoms with Crippen molar-refractivity contribution in [1.29, 1.82) is 0 Å². The molecule has 0 aliphatic heterocycles. The summed E-state index contributed by atoms with van der Waals surface area (Å²) in [5.74, 6) is 0. The summed E-state index contributed by atoms with van der Waals surface area (Å²) in [4.78, 5) is 2.14. The molecule has 0 aliphatic rings. The van der Waals surface area contributed by atoms with Gasteiger partial charge in [-0.2, -0.15) is 0 Å². The van der Waals surface area contributed by atoms with Crippen LogP contribution in [0.1, 0.15) is 79.0 Å². The summed E-state index contributed by atoms with van der Waals surface area (Å²) >= 11 is 0. The monoisotopic (exact) mass is 485 g/mol. The predicted molar refractivity (Wildman–Crippen MR) is 155 cm³/mol. The summed E-state index contributed by atoms with van der Waals surface area (Å²) in [7, 11) is 6.37.